The average Bonchev–Trinajstić information content (AvgIpc) is 2.65. The second kappa shape index (κ2) is 7.85. The Morgan fingerprint density at radius 2 is 1.48 bits per heavy atom. The van der Waals surface area contributed by atoms with E-state index in [0.29, 0.717) is 45.3 Å². The van der Waals surface area contributed by atoms with Crippen LogP contribution in [-0.4, -0.2) is 0 Å². The maximum absolute atomic E-state index is 12.6. The summed E-state index contributed by atoms with van der Waals surface area (Å²) in [5.41, 5.74) is 0.774. The highest BCUT2D eigenvalue weighted by Gasteiger charge is 2.15. The largest absolute Gasteiger partial charge is 0.480 e. The van der Waals surface area contributed by atoms with Gasteiger partial charge in [0.1, 0.15) is 28.2 Å². The fourth-order valence-corrected chi connectivity index (χ4v) is 3.08. The van der Waals surface area contributed by atoms with E-state index in [2.05, 4.69) is 37.9 Å². The van der Waals surface area contributed by atoms with E-state index in [1.165, 1.54) is 6.07 Å². The van der Waals surface area contributed by atoms with Crippen LogP contribution in [0.5, 0.6) is 23.0 Å². The minimum atomic E-state index is -0.233. The second-order valence-corrected chi connectivity index (χ2v) is 5.85. The third-order valence-electron chi connectivity index (χ3n) is 3.51. The molecule has 6 nitrogen and oxygen atoms in total. The topological polar surface area (TPSA) is 67.1 Å². The van der Waals surface area contributed by atoms with Crippen molar-refractivity contribution in [1.29, 1.82) is 0 Å². The summed E-state index contributed by atoms with van der Waals surface area (Å²) in [5, 5.41) is 0.331. The average molecular weight is 414 g/mol. The Kier molecular flexibility index (Phi) is 5.77. The smallest absolute Gasteiger partial charge is 0.197 e. The van der Waals surface area contributed by atoms with Gasteiger partial charge in [0, 0.05) is 23.8 Å². The van der Waals surface area contributed by atoms with Crippen molar-refractivity contribution in [1.82, 2.24) is 0 Å². The number of hydrogen-bond acceptors (Lipinski definition) is 6. The molecule has 0 radical (unpaired) electrons. The van der Waals surface area contributed by atoms with E-state index in [9.17, 15) is 4.79 Å². The van der Waals surface area contributed by atoms with Crippen LogP contribution in [-0.2, 0) is 0 Å². The van der Waals surface area contributed by atoms with Gasteiger partial charge >= 0.3 is 0 Å². The number of benzene rings is 2. The monoisotopic (exact) mass is 414 g/mol. The third-order valence-corrected chi connectivity index (χ3v) is 4.55. The predicted octanol–water partition coefficient (Wildman–Crippen LogP) is 4.14. The molecule has 0 saturated carbocycles. The lowest BCUT2D eigenvalue weighted by molar-refractivity contribution is 0.568. The maximum atomic E-state index is 12.6. The van der Waals surface area contributed by atoms with E-state index in [-0.39, 0.29) is 5.43 Å². The van der Waals surface area contributed by atoms with Crippen LogP contribution in [0.4, 0.5) is 0 Å². The summed E-state index contributed by atoms with van der Waals surface area (Å²) >= 11 is 0. The van der Waals surface area contributed by atoms with E-state index < -0.39 is 0 Å². The molecule has 2 aromatic carbocycles. The second-order valence-electron chi connectivity index (χ2n) is 4.90. The minimum absolute atomic E-state index is 0.233. The summed E-state index contributed by atoms with van der Waals surface area (Å²) in [6, 6.07) is 9.81. The normalized spacial score (nSPS) is 10.6. The van der Waals surface area contributed by atoms with Crippen molar-refractivity contribution in [2.75, 3.05) is 0 Å². The Hall–Kier alpha value is -1.43. The zero-order chi connectivity index (χ0) is 18.0. The van der Waals surface area contributed by atoms with Crippen molar-refractivity contribution in [3.63, 3.8) is 0 Å². The minimum Gasteiger partial charge on any atom is -0.480 e. The van der Waals surface area contributed by atoms with Gasteiger partial charge in [-0.1, -0.05) is 0 Å². The van der Waals surface area contributed by atoms with Gasteiger partial charge in [0.25, 0.3) is 0 Å². The Bertz CT molecular complexity index is 988. The van der Waals surface area contributed by atoms with Crippen molar-refractivity contribution >= 4 is 48.8 Å². The molecule has 0 fully saturated rings. The molecule has 25 heavy (non-hydrogen) atoms. The first-order valence-corrected chi connectivity index (χ1v) is 8.73. The standard InChI is InChI=1S/C15H14O6P4/c16-9-6-11(7-1-2-10(19-23)12(3-7)20-24)17-13-4-8(18-22)5-14(21-25)15(9)13/h1-6H,22-25H2. The van der Waals surface area contributed by atoms with Gasteiger partial charge in [-0.3, -0.25) is 4.79 Å². The first-order chi connectivity index (χ1) is 12.1. The molecule has 0 N–H and O–H groups in total. The fourth-order valence-electron chi connectivity index (χ4n) is 2.38. The molecule has 0 saturated heterocycles. The van der Waals surface area contributed by atoms with Gasteiger partial charge < -0.3 is 22.5 Å². The number of rotatable bonds is 5. The molecule has 1 aromatic heterocycles. The van der Waals surface area contributed by atoms with Gasteiger partial charge in [-0.25, -0.2) is 0 Å². The molecule has 0 aliphatic rings. The quantitative estimate of drug-likeness (QED) is 0.585. The summed E-state index contributed by atoms with van der Waals surface area (Å²) < 4.78 is 26.6. The lowest BCUT2D eigenvalue weighted by atomic mass is 10.1. The molecular formula is C15H14O6P4. The van der Waals surface area contributed by atoms with Gasteiger partial charge in [0.2, 0.25) is 0 Å². The van der Waals surface area contributed by atoms with Gasteiger partial charge in [-0.2, -0.15) is 0 Å². The molecular weight excluding hydrogens is 400 g/mol. The van der Waals surface area contributed by atoms with Gasteiger partial charge in [0.15, 0.2) is 16.9 Å². The predicted molar refractivity (Wildman–Crippen MR) is 109 cm³/mol. The molecule has 130 valence electrons. The lowest BCUT2D eigenvalue weighted by Crippen LogP contribution is -2.02. The van der Waals surface area contributed by atoms with Gasteiger partial charge in [-0.15, -0.1) is 0 Å². The highest BCUT2D eigenvalue weighted by atomic mass is 31.0. The Morgan fingerprint density at radius 1 is 0.760 bits per heavy atom. The van der Waals surface area contributed by atoms with E-state index in [0.717, 1.165) is 0 Å². The third kappa shape index (κ3) is 3.59. The summed E-state index contributed by atoms with van der Waals surface area (Å²) in [5.74, 6) is 2.23. The van der Waals surface area contributed by atoms with Crippen LogP contribution < -0.4 is 23.5 Å². The van der Waals surface area contributed by atoms with Crippen molar-refractivity contribution < 1.29 is 22.5 Å². The number of hydrogen-bond donors (Lipinski definition) is 0. The molecule has 4 atom stereocenters. The van der Waals surface area contributed by atoms with Gasteiger partial charge in [0.05, 0.1) is 37.9 Å². The molecule has 3 aromatic rings. The van der Waals surface area contributed by atoms with E-state index in [1.807, 2.05) is 0 Å². The molecule has 1 heterocycles. The number of fused-ring (bicyclic) bond motifs is 1. The first-order valence-electron chi connectivity index (χ1n) is 6.84. The maximum Gasteiger partial charge on any atom is 0.197 e. The van der Waals surface area contributed by atoms with Crippen LogP contribution in [0.2, 0.25) is 0 Å². The van der Waals surface area contributed by atoms with E-state index >= 15 is 0 Å². The van der Waals surface area contributed by atoms with Crippen molar-refractivity contribution in [2.24, 2.45) is 0 Å². The van der Waals surface area contributed by atoms with Crippen LogP contribution in [0.1, 0.15) is 0 Å². The van der Waals surface area contributed by atoms with Crippen molar-refractivity contribution in [3.8, 4) is 34.3 Å². The summed E-state index contributed by atoms with van der Waals surface area (Å²) in [4.78, 5) is 12.6. The van der Waals surface area contributed by atoms with Gasteiger partial charge in [-0.05, 0) is 18.2 Å². The fraction of sp³-hybridized carbons (Fsp3) is 0. The first kappa shape index (κ1) is 18.4. The van der Waals surface area contributed by atoms with Crippen LogP contribution in [0, 0.1) is 0 Å². The lowest BCUT2D eigenvalue weighted by Gasteiger charge is -2.11. The van der Waals surface area contributed by atoms with Crippen molar-refractivity contribution in [3.05, 3.63) is 46.6 Å². The summed E-state index contributed by atoms with van der Waals surface area (Å²) in [6.07, 6.45) is 0. The molecule has 3 rings (SSSR count). The van der Waals surface area contributed by atoms with Crippen LogP contribution in [0.3, 0.4) is 0 Å². The Morgan fingerprint density at radius 3 is 2.12 bits per heavy atom. The highest BCUT2D eigenvalue weighted by molar-refractivity contribution is 7.11. The zero-order valence-corrected chi connectivity index (χ0v) is 17.3. The molecule has 0 bridgehead atoms. The van der Waals surface area contributed by atoms with Crippen LogP contribution in [0.25, 0.3) is 22.3 Å². The van der Waals surface area contributed by atoms with E-state index in [4.69, 9.17) is 22.5 Å². The van der Waals surface area contributed by atoms with Crippen LogP contribution >= 0.6 is 37.9 Å². The molecule has 0 aliphatic carbocycles. The Balaban J connectivity index is 2.23. The molecule has 10 heteroatoms. The SMILES string of the molecule is O=c1cc(-c2ccc(OP)c(OP)c2)oc2cc(OP)cc(OP)c12. The van der Waals surface area contributed by atoms with E-state index in [1.54, 1.807) is 30.3 Å². The summed E-state index contributed by atoms with van der Waals surface area (Å²) in [7, 11) is 8.56. The van der Waals surface area contributed by atoms with Crippen LogP contribution in [0.15, 0.2) is 45.6 Å². The molecule has 4 unspecified atom stereocenters. The zero-order valence-electron chi connectivity index (χ0n) is 12.7. The summed E-state index contributed by atoms with van der Waals surface area (Å²) in [6.45, 7) is 0. The molecule has 0 aliphatic heterocycles. The molecule has 0 amide bonds. The highest BCUT2D eigenvalue weighted by Crippen LogP contribution is 2.37. The Labute approximate surface area is 152 Å². The van der Waals surface area contributed by atoms with Crippen molar-refractivity contribution in [2.45, 2.75) is 0 Å². The molecule has 0 spiro atoms.